The van der Waals surface area contributed by atoms with Crippen molar-refractivity contribution in [2.45, 2.75) is 13.1 Å². The van der Waals surface area contributed by atoms with Gasteiger partial charge < -0.3 is 0 Å². The molecule has 26 heavy (non-hydrogen) atoms. The summed E-state index contributed by atoms with van der Waals surface area (Å²) in [5.41, 5.74) is 9.74. The molecule has 0 fully saturated rings. The number of rotatable bonds is 4. The van der Waals surface area contributed by atoms with E-state index in [-0.39, 0.29) is 0 Å². The zero-order valence-electron chi connectivity index (χ0n) is 14.2. The van der Waals surface area contributed by atoms with Crippen LogP contribution in [0.25, 0.3) is 20.4 Å². The molecule has 0 unspecified atom stereocenters. The molecule has 4 heteroatoms. The topological polar surface area (TPSA) is 7.76 Å². The first-order chi connectivity index (χ1) is 12.9. The van der Waals surface area contributed by atoms with Crippen molar-refractivity contribution in [1.82, 2.24) is 0 Å². The average Bonchev–Trinajstić information content (AvgIpc) is 3.27. The molecule has 126 valence electrons. The van der Waals surface area contributed by atoms with Crippen LogP contribution >= 0.6 is 22.7 Å². The van der Waals surface area contributed by atoms with Crippen molar-refractivity contribution >= 4 is 43.1 Å². The summed E-state index contributed by atoms with van der Waals surface area (Å²) in [7, 11) is 0. The molecule has 5 aromatic rings. The molecule has 2 nitrogen and oxygen atoms in total. The highest BCUT2D eigenvalue weighted by atomic mass is 32.1. The summed E-state index contributed by atoms with van der Waals surface area (Å²) in [5, 5.41) is 0. The summed E-state index contributed by atoms with van der Waals surface area (Å²) >= 11 is 3.61. The Kier molecular flexibility index (Phi) is 4.00. The van der Waals surface area contributed by atoms with Crippen LogP contribution in [0.5, 0.6) is 0 Å². The Hall–Kier alpha value is -2.56. The first-order valence-electron chi connectivity index (χ1n) is 8.66. The maximum absolute atomic E-state index is 2.34. The quantitative estimate of drug-likeness (QED) is 0.400. The largest absolute Gasteiger partial charge is 0.226 e. The molecule has 0 aliphatic heterocycles. The molecule has 0 N–H and O–H groups in total. The first kappa shape index (κ1) is 15.7. The Morgan fingerprint density at radius 1 is 0.577 bits per heavy atom. The van der Waals surface area contributed by atoms with E-state index < -0.39 is 0 Å². The Balaban J connectivity index is 1.44. The Bertz CT molecular complexity index is 1110. The lowest BCUT2D eigenvalue weighted by molar-refractivity contribution is -0.659. The molecule has 0 saturated heterocycles. The third-order valence-electron chi connectivity index (χ3n) is 4.66. The number of aromatic nitrogens is 2. The summed E-state index contributed by atoms with van der Waals surface area (Å²) in [6.07, 6.45) is 0. The molecule has 0 spiro atoms. The summed E-state index contributed by atoms with van der Waals surface area (Å²) in [4.78, 5) is 0. The second-order valence-electron chi connectivity index (χ2n) is 6.46. The van der Waals surface area contributed by atoms with Crippen molar-refractivity contribution in [3.8, 4) is 0 Å². The van der Waals surface area contributed by atoms with Crippen molar-refractivity contribution in [2.24, 2.45) is 0 Å². The van der Waals surface area contributed by atoms with Gasteiger partial charge >= 0.3 is 0 Å². The van der Waals surface area contributed by atoms with Gasteiger partial charge in [-0.15, -0.1) is 0 Å². The van der Waals surface area contributed by atoms with E-state index in [1.807, 2.05) is 0 Å². The van der Waals surface area contributed by atoms with E-state index in [9.17, 15) is 0 Å². The molecule has 0 radical (unpaired) electrons. The standard InChI is InChI=1S/C22H18N2S2/c1-3-10-21-19(8-1)23(15-25-21)13-17-6-5-7-18(12-17)14-24-16-26-22-11-4-2-9-20(22)24/h1-12,15-16H,13-14H2/q+2. The van der Waals surface area contributed by atoms with Gasteiger partial charge in [0.2, 0.25) is 22.1 Å². The molecule has 0 saturated carbocycles. The van der Waals surface area contributed by atoms with Gasteiger partial charge in [-0.25, -0.2) is 0 Å². The van der Waals surface area contributed by atoms with Gasteiger partial charge in [-0.3, -0.25) is 0 Å². The van der Waals surface area contributed by atoms with Crippen molar-refractivity contribution in [3.05, 3.63) is 94.9 Å². The Morgan fingerprint density at radius 3 is 1.62 bits per heavy atom. The van der Waals surface area contributed by atoms with Crippen molar-refractivity contribution in [2.75, 3.05) is 0 Å². The molecular weight excluding hydrogens is 356 g/mol. The second-order valence-corrected chi connectivity index (χ2v) is 8.23. The van der Waals surface area contributed by atoms with E-state index in [2.05, 4.69) is 93.0 Å². The Labute approximate surface area is 160 Å². The van der Waals surface area contributed by atoms with Gasteiger partial charge in [0.25, 0.3) is 0 Å². The van der Waals surface area contributed by atoms with Crippen molar-refractivity contribution in [3.63, 3.8) is 0 Å². The molecule has 5 rings (SSSR count). The summed E-state index contributed by atoms with van der Waals surface area (Å²) in [6, 6.07) is 26.1. The Morgan fingerprint density at radius 2 is 1.08 bits per heavy atom. The van der Waals surface area contributed by atoms with E-state index in [1.165, 1.54) is 31.6 Å². The minimum Gasteiger partial charge on any atom is -0.184 e. The summed E-state index contributed by atoms with van der Waals surface area (Å²) < 4.78 is 7.35. The molecule has 0 atom stereocenters. The molecule has 0 bridgehead atoms. The van der Waals surface area contributed by atoms with Crippen molar-refractivity contribution < 1.29 is 9.13 Å². The van der Waals surface area contributed by atoms with Gasteiger partial charge in [0.15, 0.2) is 13.1 Å². The lowest BCUT2D eigenvalue weighted by Gasteiger charge is -2.01. The first-order valence-corrected chi connectivity index (χ1v) is 10.4. The number of para-hydroxylation sites is 2. The van der Waals surface area contributed by atoms with Gasteiger partial charge in [0, 0.05) is 23.3 Å². The van der Waals surface area contributed by atoms with E-state index in [1.54, 1.807) is 22.7 Å². The van der Waals surface area contributed by atoms with Gasteiger partial charge in [0.1, 0.15) is 9.40 Å². The number of benzene rings is 3. The van der Waals surface area contributed by atoms with Crippen LogP contribution in [0.1, 0.15) is 11.1 Å². The van der Waals surface area contributed by atoms with E-state index in [0.29, 0.717) is 0 Å². The third-order valence-corrected chi connectivity index (χ3v) is 6.58. The number of fused-ring (bicyclic) bond motifs is 2. The van der Waals surface area contributed by atoms with Crippen molar-refractivity contribution in [1.29, 1.82) is 0 Å². The molecule has 0 amide bonds. The lowest BCUT2D eigenvalue weighted by Crippen LogP contribution is -2.33. The van der Waals surface area contributed by atoms with Crippen LogP contribution in [-0.2, 0) is 13.1 Å². The number of hydrogen-bond acceptors (Lipinski definition) is 2. The fourth-order valence-electron chi connectivity index (χ4n) is 3.41. The zero-order chi connectivity index (χ0) is 17.3. The van der Waals surface area contributed by atoms with Crippen LogP contribution in [0.4, 0.5) is 0 Å². The summed E-state index contributed by atoms with van der Waals surface area (Å²) in [5.74, 6) is 0. The van der Waals surface area contributed by atoms with Gasteiger partial charge in [-0.05, 0) is 18.2 Å². The van der Waals surface area contributed by atoms with Crippen LogP contribution in [0.15, 0.2) is 83.8 Å². The highest BCUT2D eigenvalue weighted by molar-refractivity contribution is 7.16. The lowest BCUT2D eigenvalue weighted by atomic mass is 10.1. The second kappa shape index (κ2) is 6.63. The molecule has 2 heterocycles. The highest BCUT2D eigenvalue weighted by Gasteiger charge is 2.14. The van der Waals surface area contributed by atoms with Gasteiger partial charge in [0.05, 0.1) is 0 Å². The van der Waals surface area contributed by atoms with E-state index in [4.69, 9.17) is 0 Å². The third kappa shape index (κ3) is 2.91. The molecule has 3 aromatic carbocycles. The van der Waals surface area contributed by atoms with E-state index >= 15 is 0 Å². The maximum atomic E-state index is 2.34. The fraction of sp³-hybridized carbons (Fsp3) is 0.0909. The molecule has 0 aliphatic rings. The smallest absolute Gasteiger partial charge is 0.184 e. The van der Waals surface area contributed by atoms with Crippen LogP contribution in [0.2, 0.25) is 0 Å². The summed E-state index contributed by atoms with van der Waals surface area (Å²) in [6.45, 7) is 1.82. The maximum Gasteiger partial charge on any atom is 0.226 e. The number of hydrogen-bond donors (Lipinski definition) is 0. The molecular formula is C22H18N2S2+2. The zero-order valence-corrected chi connectivity index (χ0v) is 15.8. The van der Waals surface area contributed by atoms with Crippen LogP contribution in [0, 0.1) is 0 Å². The molecule has 2 aromatic heterocycles. The minimum absolute atomic E-state index is 0.910. The normalized spacial score (nSPS) is 11.4. The number of nitrogens with zero attached hydrogens (tertiary/aromatic N) is 2. The molecule has 0 aliphatic carbocycles. The van der Waals surface area contributed by atoms with Crippen LogP contribution in [-0.4, -0.2) is 0 Å². The predicted molar refractivity (Wildman–Crippen MR) is 109 cm³/mol. The fourth-order valence-corrected chi connectivity index (χ4v) is 5.19. The average molecular weight is 375 g/mol. The van der Waals surface area contributed by atoms with E-state index in [0.717, 1.165) is 13.1 Å². The SMILES string of the molecule is c1cc(C[n+]2csc3ccccc32)cc(C[n+]2csc3ccccc32)c1. The van der Waals surface area contributed by atoms with Gasteiger partial charge in [-0.1, -0.05) is 65.1 Å². The predicted octanol–water partition coefficient (Wildman–Crippen LogP) is 4.79. The highest BCUT2D eigenvalue weighted by Crippen LogP contribution is 2.17. The van der Waals surface area contributed by atoms with Crippen LogP contribution in [0.3, 0.4) is 0 Å². The van der Waals surface area contributed by atoms with Crippen LogP contribution < -0.4 is 9.13 Å². The monoisotopic (exact) mass is 374 g/mol. The number of thiazole rings is 2. The minimum atomic E-state index is 0.910. The van der Waals surface area contributed by atoms with Gasteiger partial charge in [-0.2, -0.15) is 9.13 Å².